The maximum Gasteiger partial charge on any atom is 0.226 e. The Bertz CT molecular complexity index is 619. The average molecular weight is 341 g/mol. The third-order valence-electron chi connectivity index (χ3n) is 5.17. The quantitative estimate of drug-likeness (QED) is 0.838. The highest BCUT2D eigenvalue weighted by Gasteiger charge is 2.27. The molecule has 0 spiro atoms. The Hall–Kier alpha value is -2.17. The highest BCUT2D eigenvalue weighted by molar-refractivity contribution is 5.81. The second-order valence-corrected chi connectivity index (χ2v) is 7.02. The Morgan fingerprint density at radius 1 is 1.24 bits per heavy atom. The standard InChI is InChI=1S/C20H27N3O2/c24-19(13-16-5-2-1-3-6-16)23-11-8-18(9-12-23)20(25)22-15-17-7-4-10-21-14-17/h4-5,7,10,14,18H,1-3,6,8-9,11-13,15H2,(H,22,25). The van der Waals surface area contributed by atoms with Crippen molar-refractivity contribution in [2.45, 2.75) is 51.5 Å². The molecule has 1 saturated heterocycles. The molecule has 1 N–H and O–H groups in total. The van der Waals surface area contributed by atoms with Crippen molar-refractivity contribution in [2.75, 3.05) is 13.1 Å². The van der Waals surface area contributed by atoms with Gasteiger partial charge in [0.2, 0.25) is 11.8 Å². The van der Waals surface area contributed by atoms with Crippen LogP contribution < -0.4 is 5.32 Å². The average Bonchev–Trinajstić information content (AvgIpc) is 2.68. The molecule has 1 aromatic heterocycles. The summed E-state index contributed by atoms with van der Waals surface area (Å²) in [5.41, 5.74) is 2.30. The van der Waals surface area contributed by atoms with E-state index in [2.05, 4.69) is 16.4 Å². The monoisotopic (exact) mass is 341 g/mol. The van der Waals surface area contributed by atoms with Gasteiger partial charge in [-0.3, -0.25) is 14.6 Å². The van der Waals surface area contributed by atoms with Crippen LogP contribution in [-0.2, 0) is 16.1 Å². The van der Waals surface area contributed by atoms with E-state index in [1.807, 2.05) is 17.0 Å². The van der Waals surface area contributed by atoms with Crippen molar-refractivity contribution in [1.82, 2.24) is 15.2 Å². The summed E-state index contributed by atoms with van der Waals surface area (Å²) in [7, 11) is 0. The van der Waals surface area contributed by atoms with E-state index in [0.29, 0.717) is 26.1 Å². The molecule has 3 rings (SSSR count). The Balaban J connectivity index is 1.41. The molecule has 1 aromatic rings. The van der Waals surface area contributed by atoms with Crippen LogP contribution >= 0.6 is 0 Å². The van der Waals surface area contributed by atoms with Gasteiger partial charge in [-0.2, -0.15) is 0 Å². The molecule has 5 heteroatoms. The van der Waals surface area contributed by atoms with Gasteiger partial charge in [-0.1, -0.05) is 17.7 Å². The van der Waals surface area contributed by atoms with Crippen molar-refractivity contribution in [3.63, 3.8) is 0 Å². The molecule has 0 bridgehead atoms. The summed E-state index contributed by atoms with van der Waals surface area (Å²) in [6.45, 7) is 1.90. The van der Waals surface area contributed by atoms with Crippen molar-refractivity contribution in [3.05, 3.63) is 41.7 Å². The van der Waals surface area contributed by atoms with Crippen LogP contribution in [-0.4, -0.2) is 34.8 Å². The number of nitrogens with zero attached hydrogens (tertiary/aromatic N) is 2. The predicted molar refractivity (Wildman–Crippen MR) is 96.6 cm³/mol. The van der Waals surface area contributed by atoms with Gasteiger partial charge in [0.25, 0.3) is 0 Å². The van der Waals surface area contributed by atoms with Crippen LogP contribution in [0.2, 0.25) is 0 Å². The molecule has 0 atom stereocenters. The van der Waals surface area contributed by atoms with E-state index in [1.165, 1.54) is 18.4 Å². The predicted octanol–water partition coefficient (Wildman–Crippen LogP) is 2.83. The van der Waals surface area contributed by atoms with E-state index in [0.717, 1.165) is 31.2 Å². The number of allylic oxidation sites excluding steroid dienone is 1. The van der Waals surface area contributed by atoms with Crippen LogP contribution in [0.15, 0.2) is 36.2 Å². The first-order valence-corrected chi connectivity index (χ1v) is 9.34. The Morgan fingerprint density at radius 3 is 2.76 bits per heavy atom. The van der Waals surface area contributed by atoms with Crippen molar-refractivity contribution < 1.29 is 9.59 Å². The van der Waals surface area contributed by atoms with Gasteiger partial charge >= 0.3 is 0 Å². The topological polar surface area (TPSA) is 62.3 Å². The molecule has 5 nitrogen and oxygen atoms in total. The second kappa shape index (κ2) is 8.79. The summed E-state index contributed by atoms with van der Waals surface area (Å²) in [6, 6.07) is 3.82. The van der Waals surface area contributed by atoms with E-state index >= 15 is 0 Å². The van der Waals surface area contributed by atoms with E-state index in [9.17, 15) is 9.59 Å². The maximum absolute atomic E-state index is 12.4. The van der Waals surface area contributed by atoms with E-state index in [4.69, 9.17) is 0 Å². The number of amides is 2. The number of pyridine rings is 1. The number of carbonyl (C=O) groups is 2. The minimum absolute atomic E-state index is 0.00891. The lowest BCUT2D eigenvalue weighted by molar-refractivity contribution is -0.135. The van der Waals surface area contributed by atoms with Gasteiger partial charge in [-0.05, 0) is 50.2 Å². The lowest BCUT2D eigenvalue weighted by Gasteiger charge is -2.32. The molecule has 2 amide bonds. The van der Waals surface area contributed by atoms with Crippen LogP contribution in [0.5, 0.6) is 0 Å². The van der Waals surface area contributed by atoms with Gasteiger partial charge < -0.3 is 10.2 Å². The molecule has 1 fully saturated rings. The molecular weight excluding hydrogens is 314 g/mol. The second-order valence-electron chi connectivity index (χ2n) is 7.02. The summed E-state index contributed by atoms with van der Waals surface area (Å²) in [5, 5.41) is 2.99. The number of carbonyl (C=O) groups excluding carboxylic acids is 2. The minimum Gasteiger partial charge on any atom is -0.352 e. The Morgan fingerprint density at radius 2 is 2.08 bits per heavy atom. The van der Waals surface area contributed by atoms with Gasteiger partial charge in [-0.25, -0.2) is 0 Å². The molecule has 0 unspecified atom stereocenters. The van der Waals surface area contributed by atoms with Crippen LogP contribution in [0.25, 0.3) is 0 Å². The molecule has 0 saturated carbocycles. The van der Waals surface area contributed by atoms with E-state index in [-0.39, 0.29) is 17.7 Å². The van der Waals surface area contributed by atoms with Gasteiger partial charge in [0.05, 0.1) is 0 Å². The van der Waals surface area contributed by atoms with Crippen molar-refractivity contribution >= 4 is 11.8 Å². The van der Waals surface area contributed by atoms with Crippen LogP contribution in [0, 0.1) is 5.92 Å². The molecule has 0 aromatic carbocycles. The SMILES string of the molecule is O=C(NCc1cccnc1)C1CCN(C(=O)CC2=CCCCC2)CC1. The van der Waals surface area contributed by atoms with Crippen molar-refractivity contribution in [1.29, 1.82) is 0 Å². The zero-order valence-corrected chi connectivity index (χ0v) is 14.7. The van der Waals surface area contributed by atoms with Gasteiger partial charge in [-0.15, -0.1) is 0 Å². The summed E-state index contributed by atoms with van der Waals surface area (Å²) in [6.07, 6.45) is 12.4. The Kier molecular flexibility index (Phi) is 6.20. The summed E-state index contributed by atoms with van der Waals surface area (Å²) >= 11 is 0. The first-order valence-electron chi connectivity index (χ1n) is 9.34. The van der Waals surface area contributed by atoms with Gasteiger partial charge in [0, 0.05) is 44.4 Å². The molecule has 1 aliphatic heterocycles. The molecule has 1 aliphatic carbocycles. The number of hydrogen-bond acceptors (Lipinski definition) is 3. The number of piperidine rings is 1. The summed E-state index contributed by atoms with van der Waals surface area (Å²) in [5.74, 6) is 0.322. The van der Waals surface area contributed by atoms with Crippen molar-refractivity contribution in [3.8, 4) is 0 Å². The van der Waals surface area contributed by atoms with Gasteiger partial charge in [0.15, 0.2) is 0 Å². The summed E-state index contributed by atoms with van der Waals surface area (Å²) < 4.78 is 0. The molecule has 2 heterocycles. The van der Waals surface area contributed by atoms with Gasteiger partial charge in [0.1, 0.15) is 0 Å². The zero-order chi connectivity index (χ0) is 17.5. The molecular formula is C20H27N3O2. The summed E-state index contributed by atoms with van der Waals surface area (Å²) in [4.78, 5) is 30.7. The van der Waals surface area contributed by atoms with E-state index in [1.54, 1.807) is 12.4 Å². The fraction of sp³-hybridized carbons (Fsp3) is 0.550. The number of aromatic nitrogens is 1. The minimum atomic E-state index is 0.00891. The highest BCUT2D eigenvalue weighted by atomic mass is 16.2. The molecule has 2 aliphatic rings. The number of hydrogen-bond donors (Lipinski definition) is 1. The fourth-order valence-electron chi connectivity index (χ4n) is 3.60. The zero-order valence-electron chi connectivity index (χ0n) is 14.7. The normalized spacial score (nSPS) is 18.6. The first kappa shape index (κ1) is 17.6. The van der Waals surface area contributed by atoms with Crippen LogP contribution in [0.4, 0.5) is 0 Å². The number of likely N-dealkylation sites (tertiary alicyclic amines) is 1. The van der Waals surface area contributed by atoms with Crippen LogP contribution in [0.3, 0.4) is 0 Å². The lowest BCUT2D eigenvalue weighted by atomic mass is 9.94. The number of nitrogens with one attached hydrogen (secondary N) is 1. The van der Waals surface area contributed by atoms with Crippen molar-refractivity contribution in [2.24, 2.45) is 5.92 Å². The first-order chi connectivity index (χ1) is 12.2. The fourth-order valence-corrected chi connectivity index (χ4v) is 3.60. The molecule has 134 valence electrons. The number of rotatable bonds is 5. The third-order valence-corrected chi connectivity index (χ3v) is 5.17. The lowest BCUT2D eigenvalue weighted by Crippen LogP contribution is -2.43. The maximum atomic E-state index is 12.4. The smallest absolute Gasteiger partial charge is 0.226 e. The molecule has 0 radical (unpaired) electrons. The Labute approximate surface area is 149 Å². The van der Waals surface area contributed by atoms with E-state index < -0.39 is 0 Å². The highest BCUT2D eigenvalue weighted by Crippen LogP contribution is 2.23. The largest absolute Gasteiger partial charge is 0.352 e. The molecule has 25 heavy (non-hydrogen) atoms. The van der Waals surface area contributed by atoms with Crippen LogP contribution in [0.1, 0.15) is 50.5 Å². The third kappa shape index (κ3) is 5.15.